The summed E-state index contributed by atoms with van der Waals surface area (Å²) in [4.78, 5) is -0.111. The first-order valence-corrected chi connectivity index (χ1v) is 8.36. The highest BCUT2D eigenvalue weighted by molar-refractivity contribution is 7.89. The molecule has 0 saturated carbocycles. The van der Waals surface area contributed by atoms with Crippen LogP contribution in [0.2, 0.25) is 10.0 Å². The summed E-state index contributed by atoms with van der Waals surface area (Å²) in [7, 11) is -3.70. The maximum absolute atomic E-state index is 12.1. The van der Waals surface area contributed by atoms with Gasteiger partial charge in [-0.3, -0.25) is 0 Å². The first-order valence-electron chi connectivity index (χ1n) is 6.12. The molecule has 0 aliphatic heterocycles. The summed E-state index contributed by atoms with van der Waals surface area (Å²) in [5.41, 5.74) is 5.87. The van der Waals surface area contributed by atoms with Crippen LogP contribution < -0.4 is 10.5 Å². The van der Waals surface area contributed by atoms with E-state index in [1.807, 2.05) is 0 Å². The molecule has 0 bridgehead atoms. The molecule has 1 rings (SSSR count). The largest absolute Gasteiger partial charge is 0.399 e. The molecule has 19 heavy (non-hydrogen) atoms. The normalized spacial score (nSPS) is 11.7. The Bertz CT molecular complexity index is 510. The molecule has 3 N–H and O–H groups in total. The lowest BCUT2D eigenvalue weighted by molar-refractivity contribution is 0.574. The van der Waals surface area contributed by atoms with Crippen molar-refractivity contribution in [3.05, 3.63) is 22.2 Å². The number of hydrogen-bond donors (Lipinski definition) is 2. The van der Waals surface area contributed by atoms with Crippen LogP contribution in [0.1, 0.15) is 32.6 Å². The van der Waals surface area contributed by atoms with Crippen LogP contribution in [-0.2, 0) is 10.0 Å². The molecule has 0 saturated heterocycles. The van der Waals surface area contributed by atoms with Crippen LogP contribution in [0.4, 0.5) is 5.69 Å². The Kier molecular flexibility index (Phi) is 6.39. The van der Waals surface area contributed by atoms with E-state index in [4.69, 9.17) is 28.9 Å². The van der Waals surface area contributed by atoms with Crippen molar-refractivity contribution in [3.63, 3.8) is 0 Å². The maximum Gasteiger partial charge on any atom is 0.243 e. The van der Waals surface area contributed by atoms with Gasteiger partial charge in [-0.05, 0) is 18.6 Å². The maximum atomic E-state index is 12.1. The fraction of sp³-hybridized carbons (Fsp3) is 0.500. The Labute approximate surface area is 124 Å². The minimum atomic E-state index is -3.70. The zero-order valence-electron chi connectivity index (χ0n) is 10.7. The zero-order chi connectivity index (χ0) is 14.5. The first kappa shape index (κ1) is 16.6. The third-order valence-corrected chi connectivity index (χ3v) is 4.99. The van der Waals surface area contributed by atoms with Crippen molar-refractivity contribution in [2.75, 3.05) is 12.3 Å². The van der Waals surface area contributed by atoms with E-state index in [0.29, 0.717) is 12.2 Å². The number of hydrogen-bond acceptors (Lipinski definition) is 3. The van der Waals surface area contributed by atoms with Crippen LogP contribution in [0.5, 0.6) is 0 Å². The minimum absolute atomic E-state index is 0.0334. The molecule has 0 aromatic heterocycles. The Balaban J connectivity index is 2.78. The summed E-state index contributed by atoms with van der Waals surface area (Å²) < 4.78 is 26.7. The van der Waals surface area contributed by atoms with Crippen LogP contribution in [0.25, 0.3) is 0 Å². The lowest BCUT2D eigenvalue weighted by Crippen LogP contribution is -2.25. The molecule has 0 atom stereocenters. The number of nitrogens with one attached hydrogen (secondary N) is 1. The SMILES string of the molecule is CCCCCCNS(=O)(=O)c1c(Cl)cc(N)cc1Cl. The van der Waals surface area contributed by atoms with Crippen molar-refractivity contribution in [2.45, 2.75) is 37.5 Å². The van der Waals surface area contributed by atoms with E-state index in [0.717, 1.165) is 25.7 Å². The van der Waals surface area contributed by atoms with Gasteiger partial charge in [0.2, 0.25) is 10.0 Å². The van der Waals surface area contributed by atoms with Crippen molar-refractivity contribution in [3.8, 4) is 0 Å². The second kappa shape index (κ2) is 7.33. The van der Waals surface area contributed by atoms with Crippen molar-refractivity contribution in [1.29, 1.82) is 0 Å². The van der Waals surface area contributed by atoms with Crippen LogP contribution >= 0.6 is 23.2 Å². The van der Waals surface area contributed by atoms with Crippen molar-refractivity contribution < 1.29 is 8.42 Å². The molecular weight excluding hydrogens is 307 g/mol. The molecule has 0 heterocycles. The third-order valence-electron chi connectivity index (χ3n) is 2.61. The average molecular weight is 325 g/mol. The highest BCUT2D eigenvalue weighted by atomic mass is 35.5. The van der Waals surface area contributed by atoms with E-state index in [1.165, 1.54) is 12.1 Å². The summed E-state index contributed by atoms with van der Waals surface area (Å²) in [5.74, 6) is 0. The topological polar surface area (TPSA) is 72.2 Å². The molecule has 0 aliphatic carbocycles. The Morgan fingerprint density at radius 2 is 1.74 bits per heavy atom. The number of sulfonamides is 1. The molecule has 1 aromatic carbocycles. The average Bonchev–Trinajstić information content (AvgIpc) is 2.26. The van der Waals surface area contributed by atoms with Crippen molar-refractivity contribution in [2.24, 2.45) is 0 Å². The van der Waals surface area contributed by atoms with E-state index in [9.17, 15) is 8.42 Å². The first-order chi connectivity index (χ1) is 8.88. The fourth-order valence-corrected chi connectivity index (χ4v) is 3.97. The van der Waals surface area contributed by atoms with E-state index in [1.54, 1.807) is 0 Å². The summed E-state index contributed by atoms with van der Waals surface area (Å²) >= 11 is 11.8. The molecule has 0 radical (unpaired) electrons. The number of rotatable bonds is 7. The van der Waals surface area contributed by atoms with Gasteiger partial charge in [-0.15, -0.1) is 0 Å². The molecule has 0 fully saturated rings. The monoisotopic (exact) mass is 324 g/mol. The molecule has 0 unspecified atom stereocenters. The molecular formula is C12H18Cl2N2O2S. The molecule has 1 aromatic rings. The number of nitrogen functional groups attached to an aromatic ring is 1. The van der Waals surface area contributed by atoms with Gasteiger partial charge in [0.1, 0.15) is 4.90 Å². The number of nitrogens with two attached hydrogens (primary N) is 1. The van der Waals surface area contributed by atoms with Crippen molar-refractivity contribution in [1.82, 2.24) is 4.72 Å². The van der Waals surface area contributed by atoms with Gasteiger partial charge in [0.25, 0.3) is 0 Å². The quantitative estimate of drug-likeness (QED) is 0.596. The van der Waals surface area contributed by atoms with Gasteiger partial charge in [-0.25, -0.2) is 13.1 Å². The summed E-state index contributed by atoms with van der Waals surface area (Å²) in [6, 6.07) is 2.75. The van der Waals surface area contributed by atoms with Gasteiger partial charge in [0.15, 0.2) is 0 Å². The van der Waals surface area contributed by atoms with Gasteiger partial charge < -0.3 is 5.73 Å². The molecule has 108 valence electrons. The van der Waals surface area contributed by atoms with E-state index in [2.05, 4.69) is 11.6 Å². The molecule has 7 heteroatoms. The standard InChI is InChI=1S/C12H18Cl2N2O2S/c1-2-3-4-5-6-16-19(17,18)12-10(13)7-9(15)8-11(12)14/h7-8,16H,2-6,15H2,1H3. The van der Waals surface area contributed by atoms with Crippen LogP contribution in [0, 0.1) is 0 Å². The predicted octanol–water partition coefficient (Wildman–Crippen LogP) is 3.43. The van der Waals surface area contributed by atoms with Gasteiger partial charge in [-0.1, -0.05) is 49.4 Å². The molecule has 0 aliphatic rings. The zero-order valence-corrected chi connectivity index (χ0v) is 13.1. The van der Waals surface area contributed by atoms with Crippen LogP contribution in [-0.4, -0.2) is 15.0 Å². The Morgan fingerprint density at radius 3 is 2.26 bits per heavy atom. The molecule has 4 nitrogen and oxygen atoms in total. The van der Waals surface area contributed by atoms with E-state index >= 15 is 0 Å². The summed E-state index contributed by atoms with van der Waals surface area (Å²) in [6.07, 6.45) is 3.97. The molecule has 0 spiro atoms. The lowest BCUT2D eigenvalue weighted by Gasteiger charge is -2.10. The van der Waals surface area contributed by atoms with Crippen LogP contribution in [0.15, 0.2) is 17.0 Å². The second-order valence-electron chi connectivity index (χ2n) is 4.27. The number of benzene rings is 1. The highest BCUT2D eigenvalue weighted by Crippen LogP contribution is 2.31. The second-order valence-corrected chi connectivity index (χ2v) is 6.79. The van der Waals surface area contributed by atoms with Crippen LogP contribution in [0.3, 0.4) is 0 Å². The Hall–Kier alpha value is -0.490. The number of anilines is 1. The summed E-state index contributed by atoms with van der Waals surface area (Å²) in [6.45, 7) is 2.47. The fourth-order valence-electron chi connectivity index (χ4n) is 1.67. The number of unbranched alkanes of at least 4 members (excludes halogenated alkanes) is 3. The smallest absolute Gasteiger partial charge is 0.243 e. The number of halogens is 2. The lowest BCUT2D eigenvalue weighted by atomic mass is 10.2. The predicted molar refractivity (Wildman–Crippen MR) is 80.2 cm³/mol. The van der Waals surface area contributed by atoms with Gasteiger partial charge in [0, 0.05) is 12.2 Å². The Morgan fingerprint density at radius 1 is 1.16 bits per heavy atom. The summed E-state index contributed by atoms with van der Waals surface area (Å²) in [5, 5.41) is 0.0668. The van der Waals surface area contributed by atoms with Gasteiger partial charge in [-0.2, -0.15) is 0 Å². The highest BCUT2D eigenvalue weighted by Gasteiger charge is 2.21. The third kappa shape index (κ3) is 4.84. The van der Waals surface area contributed by atoms with Crippen molar-refractivity contribution >= 4 is 38.9 Å². The molecule has 0 amide bonds. The van der Waals surface area contributed by atoms with Gasteiger partial charge >= 0.3 is 0 Å². The van der Waals surface area contributed by atoms with E-state index in [-0.39, 0.29) is 14.9 Å². The van der Waals surface area contributed by atoms with E-state index < -0.39 is 10.0 Å². The van der Waals surface area contributed by atoms with Gasteiger partial charge in [0.05, 0.1) is 10.0 Å². The minimum Gasteiger partial charge on any atom is -0.399 e.